The van der Waals surface area contributed by atoms with Crippen molar-refractivity contribution in [2.24, 2.45) is 0 Å². The first-order chi connectivity index (χ1) is 7.04. The molecule has 1 atom stereocenters. The van der Waals surface area contributed by atoms with E-state index in [9.17, 15) is 9.18 Å². The standard InChI is InChI=1S/C10H8BrFN2O/c1-6(5-13)14-10(15)8-3-2-7(12)4-9(8)11/h2-4,6H,1H3,(H,14,15). The van der Waals surface area contributed by atoms with Gasteiger partial charge in [0.1, 0.15) is 11.9 Å². The van der Waals surface area contributed by atoms with E-state index in [1.165, 1.54) is 18.2 Å². The van der Waals surface area contributed by atoms with E-state index in [0.29, 0.717) is 10.0 Å². The number of hydrogen-bond donors (Lipinski definition) is 1. The van der Waals surface area contributed by atoms with Crippen LogP contribution in [0.1, 0.15) is 17.3 Å². The summed E-state index contributed by atoms with van der Waals surface area (Å²) in [6, 6.07) is 5.05. The molecule has 1 rings (SSSR count). The molecule has 0 aliphatic rings. The Bertz CT molecular complexity index is 428. The van der Waals surface area contributed by atoms with Gasteiger partial charge >= 0.3 is 0 Å². The molecule has 0 aliphatic heterocycles. The topological polar surface area (TPSA) is 52.9 Å². The minimum Gasteiger partial charge on any atom is -0.336 e. The Labute approximate surface area is 95.0 Å². The molecule has 1 aromatic carbocycles. The van der Waals surface area contributed by atoms with E-state index in [2.05, 4.69) is 21.2 Å². The second-order valence-electron chi connectivity index (χ2n) is 2.95. The van der Waals surface area contributed by atoms with Crippen LogP contribution in [-0.4, -0.2) is 11.9 Å². The molecule has 78 valence electrons. The van der Waals surface area contributed by atoms with Crippen LogP contribution in [-0.2, 0) is 0 Å². The van der Waals surface area contributed by atoms with Gasteiger partial charge in [-0.2, -0.15) is 5.26 Å². The smallest absolute Gasteiger partial charge is 0.253 e. The fraction of sp³-hybridized carbons (Fsp3) is 0.200. The molecular formula is C10H8BrFN2O. The minimum absolute atomic E-state index is 0.304. The van der Waals surface area contributed by atoms with Crippen molar-refractivity contribution < 1.29 is 9.18 Å². The summed E-state index contributed by atoms with van der Waals surface area (Å²) in [5.41, 5.74) is 0.304. The predicted octanol–water partition coefficient (Wildman–Crippen LogP) is 2.23. The maximum Gasteiger partial charge on any atom is 0.253 e. The molecule has 0 saturated heterocycles. The lowest BCUT2D eigenvalue weighted by Gasteiger charge is -2.07. The van der Waals surface area contributed by atoms with Gasteiger partial charge in [-0.15, -0.1) is 0 Å². The summed E-state index contributed by atoms with van der Waals surface area (Å²) in [5.74, 6) is -0.831. The fourth-order valence-electron chi connectivity index (χ4n) is 0.980. The Balaban J connectivity index is 2.88. The van der Waals surface area contributed by atoms with E-state index in [0.717, 1.165) is 0 Å². The van der Waals surface area contributed by atoms with Crippen LogP contribution >= 0.6 is 15.9 Å². The highest BCUT2D eigenvalue weighted by atomic mass is 79.9. The van der Waals surface area contributed by atoms with E-state index >= 15 is 0 Å². The second kappa shape index (κ2) is 4.89. The van der Waals surface area contributed by atoms with E-state index < -0.39 is 17.8 Å². The van der Waals surface area contributed by atoms with Crippen LogP contribution < -0.4 is 5.32 Å². The molecule has 15 heavy (non-hydrogen) atoms. The Morgan fingerprint density at radius 3 is 2.87 bits per heavy atom. The van der Waals surface area contributed by atoms with Crippen LogP contribution in [0.5, 0.6) is 0 Å². The first-order valence-corrected chi connectivity index (χ1v) is 4.99. The van der Waals surface area contributed by atoms with Crippen LogP contribution in [0.15, 0.2) is 22.7 Å². The second-order valence-corrected chi connectivity index (χ2v) is 3.80. The highest BCUT2D eigenvalue weighted by Gasteiger charge is 2.12. The van der Waals surface area contributed by atoms with Crippen molar-refractivity contribution in [1.29, 1.82) is 5.26 Å². The predicted molar refractivity (Wildman–Crippen MR) is 56.6 cm³/mol. The lowest BCUT2D eigenvalue weighted by Crippen LogP contribution is -2.31. The molecule has 5 heteroatoms. The van der Waals surface area contributed by atoms with Gasteiger partial charge in [-0.25, -0.2) is 4.39 Å². The normalized spacial score (nSPS) is 11.6. The fourth-order valence-corrected chi connectivity index (χ4v) is 1.51. The average molecular weight is 271 g/mol. The Morgan fingerprint density at radius 2 is 2.33 bits per heavy atom. The first kappa shape index (κ1) is 11.7. The summed E-state index contributed by atoms with van der Waals surface area (Å²) in [7, 11) is 0. The zero-order chi connectivity index (χ0) is 11.4. The third-order valence-electron chi connectivity index (χ3n) is 1.72. The van der Waals surface area contributed by atoms with Crippen molar-refractivity contribution in [2.45, 2.75) is 13.0 Å². The summed E-state index contributed by atoms with van der Waals surface area (Å²) >= 11 is 3.08. The molecule has 0 radical (unpaired) electrons. The molecule has 0 aromatic heterocycles. The van der Waals surface area contributed by atoms with Gasteiger partial charge in [0.25, 0.3) is 5.91 Å². The number of benzene rings is 1. The zero-order valence-electron chi connectivity index (χ0n) is 7.92. The number of nitrogens with one attached hydrogen (secondary N) is 1. The molecule has 1 N–H and O–H groups in total. The van der Waals surface area contributed by atoms with Crippen molar-refractivity contribution in [2.75, 3.05) is 0 Å². The van der Waals surface area contributed by atoms with Gasteiger partial charge in [0, 0.05) is 4.47 Å². The summed E-state index contributed by atoms with van der Waals surface area (Å²) in [6.45, 7) is 1.56. The van der Waals surface area contributed by atoms with E-state index in [1.807, 2.05) is 6.07 Å². The van der Waals surface area contributed by atoms with Gasteiger partial charge in [-0.05, 0) is 41.1 Å². The van der Waals surface area contributed by atoms with Gasteiger partial charge < -0.3 is 5.32 Å². The molecule has 0 heterocycles. The molecule has 0 aliphatic carbocycles. The number of carbonyl (C=O) groups excluding carboxylic acids is 1. The molecule has 1 aromatic rings. The van der Waals surface area contributed by atoms with Gasteiger partial charge in [0.2, 0.25) is 0 Å². The molecule has 0 spiro atoms. The largest absolute Gasteiger partial charge is 0.336 e. The quantitative estimate of drug-likeness (QED) is 0.896. The highest BCUT2D eigenvalue weighted by Crippen LogP contribution is 2.17. The lowest BCUT2D eigenvalue weighted by molar-refractivity contribution is 0.0947. The number of nitriles is 1. The van der Waals surface area contributed by atoms with Crippen molar-refractivity contribution in [3.63, 3.8) is 0 Å². The SMILES string of the molecule is CC(C#N)NC(=O)c1ccc(F)cc1Br. The third kappa shape index (κ3) is 3.03. The Morgan fingerprint density at radius 1 is 1.67 bits per heavy atom. The summed E-state index contributed by atoms with van der Waals surface area (Å²) in [4.78, 5) is 11.5. The Hall–Kier alpha value is -1.41. The maximum absolute atomic E-state index is 12.7. The molecule has 3 nitrogen and oxygen atoms in total. The summed E-state index contributed by atoms with van der Waals surface area (Å²) in [6.07, 6.45) is 0. The molecule has 1 unspecified atom stereocenters. The monoisotopic (exact) mass is 270 g/mol. The molecule has 0 fully saturated rings. The van der Waals surface area contributed by atoms with Crippen LogP contribution in [0.25, 0.3) is 0 Å². The van der Waals surface area contributed by atoms with E-state index in [1.54, 1.807) is 6.92 Å². The zero-order valence-corrected chi connectivity index (χ0v) is 9.51. The number of nitrogens with zero attached hydrogens (tertiary/aromatic N) is 1. The van der Waals surface area contributed by atoms with Gasteiger partial charge in [-0.1, -0.05) is 0 Å². The van der Waals surface area contributed by atoms with E-state index in [4.69, 9.17) is 5.26 Å². The minimum atomic E-state index is -0.575. The van der Waals surface area contributed by atoms with Gasteiger partial charge in [0.05, 0.1) is 11.6 Å². The van der Waals surface area contributed by atoms with Gasteiger partial charge in [0.15, 0.2) is 0 Å². The van der Waals surface area contributed by atoms with Crippen molar-refractivity contribution in [3.8, 4) is 6.07 Å². The number of halogens is 2. The van der Waals surface area contributed by atoms with Crippen molar-refractivity contribution in [3.05, 3.63) is 34.1 Å². The van der Waals surface area contributed by atoms with Crippen LogP contribution in [0, 0.1) is 17.1 Å². The number of amides is 1. The lowest BCUT2D eigenvalue weighted by atomic mass is 10.2. The third-order valence-corrected chi connectivity index (χ3v) is 2.37. The van der Waals surface area contributed by atoms with Crippen LogP contribution in [0.2, 0.25) is 0 Å². The number of carbonyl (C=O) groups is 1. The summed E-state index contributed by atoms with van der Waals surface area (Å²) < 4.78 is 13.1. The maximum atomic E-state index is 12.7. The van der Waals surface area contributed by atoms with Crippen molar-refractivity contribution in [1.82, 2.24) is 5.32 Å². The molecular weight excluding hydrogens is 263 g/mol. The average Bonchev–Trinajstić information content (AvgIpc) is 2.17. The van der Waals surface area contributed by atoms with Crippen molar-refractivity contribution >= 4 is 21.8 Å². The summed E-state index contributed by atoms with van der Waals surface area (Å²) in [5, 5.41) is 11.0. The molecule has 0 saturated carbocycles. The van der Waals surface area contributed by atoms with E-state index in [-0.39, 0.29) is 0 Å². The van der Waals surface area contributed by atoms with Crippen LogP contribution in [0.4, 0.5) is 4.39 Å². The molecule has 0 bridgehead atoms. The number of rotatable bonds is 2. The highest BCUT2D eigenvalue weighted by molar-refractivity contribution is 9.10. The number of hydrogen-bond acceptors (Lipinski definition) is 2. The molecule has 1 amide bonds. The van der Waals surface area contributed by atoms with Crippen LogP contribution in [0.3, 0.4) is 0 Å². The first-order valence-electron chi connectivity index (χ1n) is 4.20. The van der Waals surface area contributed by atoms with Gasteiger partial charge in [-0.3, -0.25) is 4.79 Å². The Kier molecular flexibility index (Phi) is 3.81.